The van der Waals surface area contributed by atoms with Gasteiger partial charge < -0.3 is 28.2 Å². The molecule has 0 saturated carbocycles. The Hall–Kier alpha value is -5.10. The number of ether oxygens (including phenoxy) is 2. The van der Waals surface area contributed by atoms with Crippen molar-refractivity contribution in [3.05, 3.63) is 65.9 Å². The molecule has 3 amide bonds. The van der Waals surface area contributed by atoms with Crippen LogP contribution in [0.3, 0.4) is 0 Å². The molecule has 3 aromatic rings. The van der Waals surface area contributed by atoms with Crippen LogP contribution in [0.25, 0.3) is 0 Å². The fourth-order valence-electron chi connectivity index (χ4n) is 5.63. The summed E-state index contributed by atoms with van der Waals surface area (Å²) in [6.07, 6.45) is 0.825. The zero-order chi connectivity index (χ0) is 40.2. The van der Waals surface area contributed by atoms with Crippen molar-refractivity contribution in [1.29, 1.82) is 0 Å². The number of unbranched alkanes of at least 4 members (excludes halogenated alkanes) is 5. The van der Waals surface area contributed by atoms with Gasteiger partial charge in [0.2, 0.25) is 11.2 Å². The lowest BCUT2D eigenvalue weighted by Gasteiger charge is -2.30. The van der Waals surface area contributed by atoms with E-state index in [0.29, 0.717) is 57.0 Å². The largest absolute Gasteiger partial charge is 0.494 e. The summed E-state index contributed by atoms with van der Waals surface area (Å²) in [4.78, 5) is 50.8. The number of aryl methyl sites for hydroxylation is 3. The van der Waals surface area contributed by atoms with E-state index >= 15 is 0 Å². The Labute approximate surface area is 313 Å². The van der Waals surface area contributed by atoms with Gasteiger partial charge in [-0.15, -0.1) is 0 Å². The highest BCUT2D eigenvalue weighted by atomic mass is 19.4. The number of benzene rings is 1. The molecule has 1 aromatic carbocycles. The van der Waals surface area contributed by atoms with Crippen LogP contribution in [0, 0.1) is 0 Å². The first-order chi connectivity index (χ1) is 25.9. The molecule has 0 fully saturated rings. The normalized spacial score (nSPS) is 14.6. The second-order valence-corrected chi connectivity index (χ2v) is 13.8. The van der Waals surface area contributed by atoms with Crippen LogP contribution in [0.2, 0.25) is 0 Å². The van der Waals surface area contributed by atoms with Crippen molar-refractivity contribution in [1.82, 2.24) is 23.6 Å². The number of amidine groups is 1. The first kappa shape index (κ1) is 42.6. The third-order valence-corrected chi connectivity index (χ3v) is 8.22. The standard InChI is InChI=1S/C36H46F6N8O5/c1-34(2,3)55-33(53)50-21-10-16-43-28(50)26-12-14-27(15-13-26)54-25-11-20-49-24-23-48(32(49)46-30(52)36(40,41)42)19-9-7-5-4-6-8-18-47-22-17-44-31(47)45-29(51)35(37,38)39/h12-15,17,22-24H,4-11,16,18-21,25H2,1-3H3,(H,44,45,51)/b46-32-. The molecule has 302 valence electrons. The van der Waals surface area contributed by atoms with E-state index in [2.05, 4.69) is 20.0 Å². The Kier molecular flexibility index (Phi) is 14.7. The van der Waals surface area contributed by atoms with Crippen molar-refractivity contribution in [2.24, 2.45) is 15.0 Å². The average Bonchev–Trinajstić information content (AvgIpc) is 3.72. The van der Waals surface area contributed by atoms with Gasteiger partial charge in [-0.3, -0.25) is 19.5 Å². The van der Waals surface area contributed by atoms with Gasteiger partial charge in [0.05, 0.1) is 6.61 Å². The van der Waals surface area contributed by atoms with Crippen LogP contribution >= 0.6 is 0 Å². The molecule has 0 spiro atoms. The number of hydrogen-bond donors (Lipinski definition) is 1. The minimum atomic E-state index is -5.13. The van der Waals surface area contributed by atoms with Crippen LogP contribution in [-0.2, 0) is 34.0 Å². The molecule has 19 heteroatoms. The molecule has 0 atom stereocenters. The van der Waals surface area contributed by atoms with Gasteiger partial charge in [-0.25, -0.2) is 4.79 Å². The molecule has 2 aromatic heterocycles. The molecule has 1 aliphatic rings. The number of aromatic nitrogens is 4. The number of nitrogens with zero attached hydrogens (tertiary/aromatic N) is 7. The van der Waals surface area contributed by atoms with E-state index in [-0.39, 0.29) is 24.4 Å². The topological polar surface area (TPSA) is 141 Å². The number of alkyl halides is 6. The molecule has 13 nitrogen and oxygen atoms in total. The van der Waals surface area contributed by atoms with Crippen LogP contribution in [0.1, 0.15) is 77.7 Å². The molecule has 1 aliphatic heterocycles. The Balaban J connectivity index is 1.25. The molecular weight excluding hydrogens is 738 g/mol. The summed E-state index contributed by atoms with van der Waals surface area (Å²) in [7, 11) is 0. The lowest BCUT2D eigenvalue weighted by Crippen LogP contribution is -2.44. The number of hydrogen-bond acceptors (Lipinski definition) is 6. The molecule has 0 bridgehead atoms. The van der Waals surface area contributed by atoms with Gasteiger partial charge in [-0.1, -0.05) is 25.7 Å². The van der Waals surface area contributed by atoms with Gasteiger partial charge in [-0.2, -0.15) is 36.3 Å². The maximum Gasteiger partial charge on any atom is 0.473 e. The first-order valence-electron chi connectivity index (χ1n) is 18.0. The maximum absolute atomic E-state index is 13.2. The number of aromatic amines is 1. The van der Waals surface area contributed by atoms with Gasteiger partial charge >= 0.3 is 30.3 Å². The Morgan fingerprint density at radius 1 is 0.764 bits per heavy atom. The van der Waals surface area contributed by atoms with Crippen LogP contribution in [0.15, 0.2) is 64.0 Å². The summed E-state index contributed by atoms with van der Waals surface area (Å²) < 4.78 is 92.9. The van der Waals surface area contributed by atoms with E-state index in [0.717, 1.165) is 37.7 Å². The van der Waals surface area contributed by atoms with Crippen LogP contribution in [-0.4, -0.2) is 85.0 Å². The summed E-state index contributed by atoms with van der Waals surface area (Å²) in [5.41, 5.74) is -0.240. The molecule has 1 N–H and O–H groups in total. The number of aliphatic imine (C=N–C) groups is 1. The van der Waals surface area contributed by atoms with Gasteiger partial charge in [-0.05, 0) is 70.7 Å². The summed E-state index contributed by atoms with van der Waals surface area (Å²) in [6, 6.07) is 7.06. The van der Waals surface area contributed by atoms with Crippen molar-refractivity contribution < 1.29 is 50.2 Å². The fourth-order valence-corrected chi connectivity index (χ4v) is 5.63. The van der Waals surface area contributed by atoms with Gasteiger partial charge in [0, 0.05) is 63.1 Å². The van der Waals surface area contributed by atoms with Crippen molar-refractivity contribution >= 4 is 23.7 Å². The van der Waals surface area contributed by atoms with Crippen molar-refractivity contribution in [2.75, 3.05) is 19.7 Å². The highest BCUT2D eigenvalue weighted by molar-refractivity contribution is 6.06. The lowest BCUT2D eigenvalue weighted by molar-refractivity contribution is -0.170. The third kappa shape index (κ3) is 13.3. The molecule has 0 radical (unpaired) electrons. The maximum atomic E-state index is 13.2. The average molecular weight is 785 g/mol. The number of imidazole rings is 2. The lowest BCUT2D eigenvalue weighted by atomic mass is 10.1. The van der Waals surface area contributed by atoms with Crippen LogP contribution < -0.4 is 16.0 Å². The van der Waals surface area contributed by atoms with Crippen molar-refractivity contribution in [3.63, 3.8) is 0 Å². The number of amides is 3. The second kappa shape index (κ2) is 19.0. The fraction of sp³-hybridized carbons (Fsp3) is 0.556. The number of nitrogens with one attached hydrogen (secondary N) is 1. The summed E-state index contributed by atoms with van der Waals surface area (Å²) in [5.74, 6) is -3.33. The number of carbonyl (C=O) groups is 3. The minimum Gasteiger partial charge on any atom is -0.494 e. The first-order valence-corrected chi connectivity index (χ1v) is 18.0. The number of rotatable bonds is 15. The summed E-state index contributed by atoms with van der Waals surface area (Å²) >= 11 is 0. The predicted octanol–water partition coefficient (Wildman–Crippen LogP) is 6.30. The summed E-state index contributed by atoms with van der Waals surface area (Å²) in [6.45, 7) is 7.59. The van der Waals surface area contributed by atoms with Gasteiger partial charge in [0.15, 0.2) is 0 Å². The van der Waals surface area contributed by atoms with Crippen molar-refractivity contribution in [2.45, 2.75) is 110 Å². The van der Waals surface area contributed by atoms with Gasteiger partial charge in [0.1, 0.15) is 17.2 Å². The Morgan fingerprint density at radius 2 is 1.33 bits per heavy atom. The van der Waals surface area contributed by atoms with E-state index in [1.54, 1.807) is 57.4 Å². The molecule has 4 rings (SSSR count). The molecule has 55 heavy (non-hydrogen) atoms. The zero-order valence-electron chi connectivity index (χ0n) is 31.0. The zero-order valence-corrected chi connectivity index (χ0v) is 31.0. The molecule has 3 heterocycles. The Bertz CT molecular complexity index is 1910. The molecule has 0 saturated heterocycles. The van der Waals surface area contributed by atoms with E-state index in [4.69, 9.17) is 9.47 Å². The molecule has 0 unspecified atom stereocenters. The van der Waals surface area contributed by atoms with E-state index in [1.165, 1.54) is 31.0 Å². The highest BCUT2D eigenvalue weighted by Gasteiger charge is 2.39. The van der Waals surface area contributed by atoms with E-state index < -0.39 is 35.9 Å². The van der Waals surface area contributed by atoms with E-state index in [1.807, 2.05) is 0 Å². The minimum absolute atomic E-state index is 0.122. The van der Waals surface area contributed by atoms with E-state index in [9.17, 15) is 40.7 Å². The van der Waals surface area contributed by atoms with Gasteiger partial charge in [0.25, 0.3) is 0 Å². The predicted molar refractivity (Wildman–Crippen MR) is 188 cm³/mol. The summed E-state index contributed by atoms with van der Waals surface area (Å²) in [5, 5.41) is 0. The van der Waals surface area contributed by atoms with Crippen LogP contribution in [0.5, 0.6) is 5.75 Å². The van der Waals surface area contributed by atoms with Crippen LogP contribution in [0.4, 0.5) is 31.1 Å². The molecular formula is C36H46F6N8O5. The Morgan fingerprint density at radius 3 is 1.93 bits per heavy atom. The third-order valence-electron chi connectivity index (χ3n) is 8.22. The number of halogens is 6. The second-order valence-electron chi connectivity index (χ2n) is 13.8. The molecule has 0 aliphatic carbocycles. The number of H-pyrrole nitrogens is 1. The van der Waals surface area contributed by atoms with Crippen molar-refractivity contribution in [3.8, 4) is 5.75 Å². The quantitative estimate of drug-likeness (QED) is 0.143. The SMILES string of the molecule is CC(C)(C)OC(=O)N1CCCN=C1c1ccc(OCCCn2ccn(CCCCCCCCn3cc[nH]/c3=N\C(=O)C(F)(F)F)/c2=N/C(=O)C(F)(F)F)cc1. The smallest absolute Gasteiger partial charge is 0.473 e. The highest BCUT2D eigenvalue weighted by Crippen LogP contribution is 2.20. The number of carbonyl (C=O) groups excluding carboxylic acids is 3. The monoisotopic (exact) mass is 784 g/mol.